The molecule has 1 atom stereocenters. The topological polar surface area (TPSA) is 41.6 Å². The minimum Gasteiger partial charge on any atom is -0.484 e. The van der Waals surface area contributed by atoms with E-state index in [1.807, 2.05) is 47.8 Å². The first kappa shape index (κ1) is 22.7. The third kappa shape index (κ3) is 6.27. The van der Waals surface area contributed by atoms with Gasteiger partial charge in [0.15, 0.2) is 6.61 Å². The van der Waals surface area contributed by atoms with E-state index in [9.17, 15) is 4.79 Å². The molecule has 0 radical (unpaired) electrons. The van der Waals surface area contributed by atoms with Crippen molar-refractivity contribution < 1.29 is 9.53 Å². The Labute approximate surface area is 198 Å². The van der Waals surface area contributed by atoms with E-state index in [0.717, 1.165) is 30.3 Å². The molecule has 2 saturated heterocycles. The minimum atomic E-state index is -0.0696. The summed E-state index contributed by atoms with van der Waals surface area (Å²) in [5.74, 6) is 3.57. The number of aryl methyl sites for hydroxylation is 1. The highest BCUT2D eigenvalue weighted by atomic mass is 35.5. The third-order valence-electron chi connectivity index (χ3n) is 5.73. The van der Waals surface area contributed by atoms with Crippen molar-refractivity contribution in [2.75, 3.05) is 42.6 Å². The van der Waals surface area contributed by atoms with Gasteiger partial charge in [-0.3, -0.25) is 4.79 Å². The van der Waals surface area contributed by atoms with Crippen LogP contribution in [0.4, 0.5) is 5.69 Å². The van der Waals surface area contributed by atoms with E-state index in [0.29, 0.717) is 17.0 Å². The normalized spacial score (nSPS) is 19.4. The lowest BCUT2D eigenvalue weighted by atomic mass is 10.1. The fourth-order valence-electron chi connectivity index (χ4n) is 4.00. The summed E-state index contributed by atoms with van der Waals surface area (Å²) < 4.78 is 6.22. The van der Waals surface area contributed by atoms with Crippen molar-refractivity contribution in [1.82, 2.24) is 5.32 Å². The fourth-order valence-corrected chi connectivity index (χ4v) is 7.06. The second kappa shape index (κ2) is 10.9. The molecule has 1 N–H and O–H groups in total. The smallest absolute Gasteiger partial charge is 0.257 e. The summed E-state index contributed by atoms with van der Waals surface area (Å²) in [5.41, 5.74) is 3.75. The zero-order valence-electron chi connectivity index (χ0n) is 17.8. The zero-order chi connectivity index (χ0) is 21.6. The lowest BCUT2D eigenvalue weighted by molar-refractivity contribution is -0.123. The Kier molecular flexibility index (Phi) is 7.96. The molecule has 1 amide bonds. The van der Waals surface area contributed by atoms with Crippen LogP contribution in [0.15, 0.2) is 42.5 Å². The SMILES string of the molecule is Cc1ccc(Cl)cc1N1CCC(CNC(=O)COc2ccc(C3SCCCS3)cc2)C1. The predicted molar refractivity (Wildman–Crippen MR) is 134 cm³/mol. The summed E-state index contributed by atoms with van der Waals surface area (Å²) in [4.78, 5) is 14.6. The highest BCUT2D eigenvalue weighted by Gasteiger charge is 2.24. The van der Waals surface area contributed by atoms with Crippen molar-refractivity contribution in [2.45, 2.75) is 24.3 Å². The van der Waals surface area contributed by atoms with E-state index in [1.165, 1.54) is 34.7 Å². The number of anilines is 1. The number of thioether (sulfide) groups is 2. The fraction of sp³-hybridized carbons (Fsp3) is 0.458. The first-order valence-electron chi connectivity index (χ1n) is 10.8. The first-order chi connectivity index (χ1) is 15.1. The maximum atomic E-state index is 12.3. The quantitative estimate of drug-likeness (QED) is 0.568. The minimum absolute atomic E-state index is 0.0517. The molecule has 0 aliphatic carbocycles. The number of nitrogens with one attached hydrogen (secondary N) is 1. The van der Waals surface area contributed by atoms with Crippen LogP contribution in [0.5, 0.6) is 5.75 Å². The largest absolute Gasteiger partial charge is 0.484 e. The molecule has 2 aliphatic heterocycles. The molecule has 2 aliphatic rings. The Morgan fingerprint density at radius 1 is 1.19 bits per heavy atom. The van der Waals surface area contributed by atoms with Crippen LogP contribution in [0.3, 0.4) is 0 Å². The molecular weight excluding hydrogens is 448 g/mol. The maximum absolute atomic E-state index is 12.3. The van der Waals surface area contributed by atoms with Crippen molar-refractivity contribution in [3.63, 3.8) is 0 Å². The molecule has 2 aromatic carbocycles. The molecule has 166 valence electrons. The van der Waals surface area contributed by atoms with Gasteiger partial charge in [-0.1, -0.05) is 29.8 Å². The molecule has 4 rings (SSSR count). The first-order valence-corrected chi connectivity index (χ1v) is 13.3. The molecule has 7 heteroatoms. The zero-order valence-corrected chi connectivity index (χ0v) is 20.2. The molecular formula is C24H29ClN2O2S2. The van der Waals surface area contributed by atoms with Gasteiger partial charge in [-0.15, -0.1) is 23.5 Å². The van der Waals surface area contributed by atoms with Crippen molar-refractivity contribution in [3.05, 3.63) is 58.6 Å². The van der Waals surface area contributed by atoms with Crippen LogP contribution >= 0.6 is 35.1 Å². The van der Waals surface area contributed by atoms with Crippen LogP contribution in [0.1, 0.15) is 28.6 Å². The highest BCUT2D eigenvalue weighted by Crippen LogP contribution is 2.43. The van der Waals surface area contributed by atoms with Gasteiger partial charge in [0.05, 0.1) is 4.58 Å². The molecule has 0 spiro atoms. The number of amides is 1. The van der Waals surface area contributed by atoms with Crippen molar-refractivity contribution >= 4 is 46.7 Å². The lowest BCUT2D eigenvalue weighted by Gasteiger charge is -2.21. The van der Waals surface area contributed by atoms with Crippen LogP contribution in [0.2, 0.25) is 5.02 Å². The van der Waals surface area contributed by atoms with Gasteiger partial charge in [-0.2, -0.15) is 0 Å². The summed E-state index contributed by atoms with van der Waals surface area (Å²) in [7, 11) is 0. The predicted octanol–water partition coefficient (Wildman–Crippen LogP) is 5.54. The molecule has 2 fully saturated rings. The summed E-state index contributed by atoms with van der Waals surface area (Å²) in [6.45, 7) is 4.75. The van der Waals surface area contributed by atoms with Crippen LogP contribution in [-0.2, 0) is 4.79 Å². The Morgan fingerprint density at radius 2 is 1.97 bits per heavy atom. The number of carbonyl (C=O) groups is 1. The highest BCUT2D eigenvalue weighted by molar-refractivity contribution is 8.16. The third-order valence-corrected chi connectivity index (χ3v) is 8.99. The molecule has 4 nitrogen and oxygen atoms in total. The summed E-state index contributed by atoms with van der Waals surface area (Å²) in [6, 6.07) is 14.2. The average molecular weight is 477 g/mol. The second-order valence-corrected chi connectivity index (χ2v) is 11.3. The molecule has 1 unspecified atom stereocenters. The van der Waals surface area contributed by atoms with Gasteiger partial charge < -0.3 is 15.0 Å². The Balaban J connectivity index is 1.19. The van der Waals surface area contributed by atoms with Gasteiger partial charge in [-0.05, 0) is 72.6 Å². The number of hydrogen-bond donors (Lipinski definition) is 1. The van der Waals surface area contributed by atoms with Crippen molar-refractivity contribution in [1.29, 1.82) is 0 Å². The average Bonchev–Trinajstić information content (AvgIpc) is 3.28. The van der Waals surface area contributed by atoms with Crippen LogP contribution in [0.25, 0.3) is 0 Å². The number of hydrogen-bond acceptors (Lipinski definition) is 5. The van der Waals surface area contributed by atoms with Gasteiger partial charge >= 0.3 is 0 Å². The van der Waals surface area contributed by atoms with E-state index >= 15 is 0 Å². The van der Waals surface area contributed by atoms with Gasteiger partial charge in [0, 0.05) is 30.3 Å². The monoisotopic (exact) mass is 476 g/mol. The molecule has 31 heavy (non-hydrogen) atoms. The standard InChI is InChI=1S/C24H29ClN2O2S2/c1-17-3-6-20(25)13-22(17)27-10-9-18(15-27)14-26-23(28)16-29-21-7-4-19(5-8-21)24-30-11-2-12-31-24/h3-8,13,18,24H,2,9-12,14-16H2,1H3,(H,26,28). The van der Waals surface area contributed by atoms with Crippen LogP contribution in [-0.4, -0.2) is 43.7 Å². The molecule has 0 bridgehead atoms. The van der Waals surface area contributed by atoms with Gasteiger partial charge in [0.1, 0.15) is 5.75 Å². The number of ether oxygens (including phenoxy) is 1. The van der Waals surface area contributed by atoms with E-state index in [2.05, 4.69) is 35.3 Å². The van der Waals surface area contributed by atoms with Crippen LogP contribution < -0.4 is 15.0 Å². The van der Waals surface area contributed by atoms with E-state index in [1.54, 1.807) is 0 Å². The molecule has 2 heterocycles. The Morgan fingerprint density at radius 3 is 2.74 bits per heavy atom. The van der Waals surface area contributed by atoms with Gasteiger partial charge in [-0.25, -0.2) is 0 Å². The number of halogens is 1. The summed E-state index contributed by atoms with van der Waals surface area (Å²) in [6.07, 6.45) is 2.35. The second-order valence-electron chi connectivity index (χ2n) is 8.12. The van der Waals surface area contributed by atoms with Crippen molar-refractivity contribution in [3.8, 4) is 5.75 Å². The van der Waals surface area contributed by atoms with E-state index in [-0.39, 0.29) is 12.5 Å². The number of carbonyl (C=O) groups excluding carboxylic acids is 1. The summed E-state index contributed by atoms with van der Waals surface area (Å²) >= 11 is 10.2. The molecule has 0 saturated carbocycles. The molecule has 2 aromatic rings. The van der Waals surface area contributed by atoms with E-state index in [4.69, 9.17) is 16.3 Å². The van der Waals surface area contributed by atoms with Gasteiger partial charge in [0.2, 0.25) is 0 Å². The maximum Gasteiger partial charge on any atom is 0.257 e. The van der Waals surface area contributed by atoms with Crippen molar-refractivity contribution in [2.24, 2.45) is 5.92 Å². The molecule has 0 aromatic heterocycles. The van der Waals surface area contributed by atoms with E-state index < -0.39 is 0 Å². The number of benzene rings is 2. The number of nitrogens with zero attached hydrogens (tertiary/aromatic N) is 1. The van der Waals surface area contributed by atoms with Gasteiger partial charge in [0.25, 0.3) is 5.91 Å². The lowest BCUT2D eigenvalue weighted by Crippen LogP contribution is -2.34. The Hall–Kier alpha value is -1.50. The number of rotatable bonds is 7. The Bertz CT molecular complexity index is 888. The van der Waals surface area contributed by atoms with Crippen LogP contribution in [0, 0.1) is 12.8 Å². The summed E-state index contributed by atoms with van der Waals surface area (Å²) in [5, 5.41) is 3.80.